The van der Waals surface area contributed by atoms with Gasteiger partial charge in [0.05, 0.1) is 16.9 Å². The first-order valence-electron chi connectivity index (χ1n) is 7.45. The van der Waals surface area contributed by atoms with Crippen molar-refractivity contribution in [3.8, 4) is 11.3 Å². The Labute approximate surface area is 148 Å². The number of halogens is 2. The summed E-state index contributed by atoms with van der Waals surface area (Å²) >= 11 is 5.90. The van der Waals surface area contributed by atoms with E-state index in [0.29, 0.717) is 11.3 Å². The molecule has 0 spiro atoms. The van der Waals surface area contributed by atoms with E-state index >= 15 is 0 Å². The van der Waals surface area contributed by atoms with Crippen LogP contribution in [0.3, 0.4) is 0 Å². The number of nitrogens with zero attached hydrogens (tertiary/aromatic N) is 2. The molecule has 5 nitrogen and oxygen atoms in total. The van der Waals surface area contributed by atoms with E-state index in [0.717, 1.165) is 5.56 Å². The van der Waals surface area contributed by atoms with Gasteiger partial charge < -0.3 is 0 Å². The third kappa shape index (κ3) is 3.59. The molecule has 0 unspecified atom stereocenters. The smallest absolute Gasteiger partial charge is 0.272 e. The van der Waals surface area contributed by atoms with Crippen LogP contribution >= 0.6 is 11.6 Å². The van der Waals surface area contributed by atoms with Crippen LogP contribution in [0.4, 0.5) is 4.39 Å². The van der Waals surface area contributed by atoms with Crippen molar-refractivity contribution < 1.29 is 9.18 Å². The number of rotatable bonds is 4. The van der Waals surface area contributed by atoms with Crippen molar-refractivity contribution >= 4 is 23.7 Å². The van der Waals surface area contributed by atoms with E-state index in [1.807, 2.05) is 30.3 Å². The number of aromatic amines is 1. The summed E-state index contributed by atoms with van der Waals surface area (Å²) in [6.07, 6.45) is 1.17. The maximum Gasteiger partial charge on any atom is 0.289 e. The van der Waals surface area contributed by atoms with Crippen LogP contribution in [0.25, 0.3) is 11.3 Å². The number of carbonyl (C=O) groups is 1. The van der Waals surface area contributed by atoms with Gasteiger partial charge in [-0.15, -0.1) is 0 Å². The quantitative estimate of drug-likeness (QED) is 0.549. The Hall–Kier alpha value is -2.99. The van der Waals surface area contributed by atoms with Crippen molar-refractivity contribution in [1.29, 1.82) is 0 Å². The topological polar surface area (TPSA) is 70.1 Å². The van der Waals surface area contributed by atoms with Crippen molar-refractivity contribution in [2.45, 2.75) is 6.92 Å². The van der Waals surface area contributed by atoms with Gasteiger partial charge in [-0.25, -0.2) is 9.82 Å². The predicted molar refractivity (Wildman–Crippen MR) is 95.2 cm³/mol. The fraction of sp³-hybridized carbons (Fsp3) is 0.0556. The minimum atomic E-state index is -0.519. The lowest BCUT2D eigenvalue weighted by Gasteiger charge is -2.01. The molecule has 0 radical (unpaired) electrons. The maximum atomic E-state index is 13.6. The Balaban J connectivity index is 1.77. The largest absolute Gasteiger partial charge is 0.289 e. The molecule has 0 aliphatic heterocycles. The number of carbonyl (C=O) groups excluding carboxylic acids is 1. The molecule has 0 bridgehead atoms. The van der Waals surface area contributed by atoms with Gasteiger partial charge in [-0.3, -0.25) is 9.89 Å². The van der Waals surface area contributed by atoms with Gasteiger partial charge in [-0.2, -0.15) is 10.2 Å². The number of hydrazone groups is 1. The molecule has 0 saturated carbocycles. The van der Waals surface area contributed by atoms with Crippen LogP contribution in [-0.4, -0.2) is 22.3 Å². The summed E-state index contributed by atoms with van der Waals surface area (Å²) in [5.41, 5.74) is 5.02. The molecule has 1 heterocycles. The zero-order valence-corrected chi connectivity index (χ0v) is 14.0. The van der Waals surface area contributed by atoms with Gasteiger partial charge in [-0.1, -0.05) is 48.0 Å². The van der Waals surface area contributed by atoms with Crippen LogP contribution in [0.15, 0.2) is 53.6 Å². The van der Waals surface area contributed by atoms with Crippen molar-refractivity contribution in [1.82, 2.24) is 15.6 Å². The molecule has 7 heteroatoms. The van der Waals surface area contributed by atoms with E-state index in [1.54, 1.807) is 13.0 Å². The summed E-state index contributed by atoms with van der Waals surface area (Å²) in [6.45, 7) is 1.79. The molecule has 3 aromatic rings. The predicted octanol–water partition coefficient (Wildman–Crippen LogP) is 3.94. The molecule has 126 valence electrons. The lowest BCUT2D eigenvalue weighted by Crippen LogP contribution is -2.19. The molecule has 0 atom stereocenters. The lowest BCUT2D eigenvalue weighted by molar-refractivity contribution is 0.0949. The van der Waals surface area contributed by atoms with Gasteiger partial charge in [0.2, 0.25) is 0 Å². The summed E-state index contributed by atoms with van der Waals surface area (Å²) in [5.74, 6) is -0.995. The molecule has 1 amide bonds. The molecule has 0 aliphatic rings. The second-order valence-electron chi connectivity index (χ2n) is 5.27. The molecule has 0 aliphatic carbocycles. The van der Waals surface area contributed by atoms with E-state index in [4.69, 9.17) is 11.6 Å². The minimum Gasteiger partial charge on any atom is -0.272 e. The number of H-pyrrole nitrogens is 1. The highest BCUT2D eigenvalue weighted by Crippen LogP contribution is 2.22. The van der Waals surface area contributed by atoms with Gasteiger partial charge in [-0.05, 0) is 19.1 Å². The Kier molecular flexibility index (Phi) is 4.90. The molecular formula is C18H14ClFN4O. The number of amides is 1. The average Bonchev–Trinajstić information content (AvgIpc) is 3.00. The maximum absolute atomic E-state index is 13.6. The number of hydrogen-bond donors (Lipinski definition) is 2. The van der Waals surface area contributed by atoms with Crippen LogP contribution < -0.4 is 5.43 Å². The van der Waals surface area contributed by atoms with Gasteiger partial charge >= 0.3 is 0 Å². The van der Waals surface area contributed by atoms with Crippen LogP contribution in [0.5, 0.6) is 0 Å². The summed E-state index contributed by atoms with van der Waals surface area (Å²) in [6, 6.07) is 13.8. The SMILES string of the molecule is Cc1c(-c2ccccc2)n[nH]c1C(=O)NN=Cc1c(F)cccc1Cl. The molecule has 3 rings (SSSR count). The first kappa shape index (κ1) is 16.9. The van der Waals surface area contributed by atoms with Gasteiger partial charge in [0.1, 0.15) is 11.5 Å². The molecular weight excluding hydrogens is 343 g/mol. The molecule has 2 aromatic carbocycles. The highest BCUT2D eigenvalue weighted by atomic mass is 35.5. The molecule has 0 fully saturated rings. The molecule has 25 heavy (non-hydrogen) atoms. The zero-order valence-electron chi connectivity index (χ0n) is 13.3. The third-order valence-electron chi connectivity index (χ3n) is 3.64. The average molecular weight is 357 g/mol. The summed E-state index contributed by atoms with van der Waals surface area (Å²) < 4.78 is 13.6. The summed E-state index contributed by atoms with van der Waals surface area (Å²) in [4.78, 5) is 12.2. The number of benzene rings is 2. The van der Waals surface area contributed by atoms with E-state index in [-0.39, 0.29) is 16.3 Å². The van der Waals surface area contributed by atoms with E-state index < -0.39 is 11.7 Å². The van der Waals surface area contributed by atoms with Crippen molar-refractivity contribution in [2.24, 2.45) is 5.10 Å². The zero-order chi connectivity index (χ0) is 17.8. The van der Waals surface area contributed by atoms with E-state index in [1.165, 1.54) is 18.3 Å². The fourth-order valence-corrected chi connectivity index (χ4v) is 2.55. The highest BCUT2D eigenvalue weighted by molar-refractivity contribution is 6.33. The summed E-state index contributed by atoms with van der Waals surface area (Å²) in [5, 5.41) is 10.9. The number of hydrogen-bond acceptors (Lipinski definition) is 3. The molecule has 1 aromatic heterocycles. The Morgan fingerprint density at radius 2 is 2.00 bits per heavy atom. The van der Waals surface area contributed by atoms with E-state index in [2.05, 4.69) is 20.7 Å². The Morgan fingerprint density at radius 1 is 1.24 bits per heavy atom. The van der Waals surface area contributed by atoms with Gasteiger partial charge in [0, 0.05) is 16.7 Å². The standard InChI is InChI=1S/C18H14ClFN4O/c1-11-16(12-6-3-2-4-7-12)22-23-17(11)18(25)24-21-10-13-14(19)8-5-9-15(13)20/h2-10H,1H3,(H,22,23)(H,24,25). The summed E-state index contributed by atoms with van der Waals surface area (Å²) in [7, 11) is 0. The van der Waals surface area contributed by atoms with Crippen molar-refractivity contribution in [3.05, 3.63) is 76.2 Å². The Morgan fingerprint density at radius 3 is 2.72 bits per heavy atom. The first-order valence-corrected chi connectivity index (χ1v) is 7.83. The third-order valence-corrected chi connectivity index (χ3v) is 3.97. The van der Waals surface area contributed by atoms with Gasteiger partial charge in [0.25, 0.3) is 5.91 Å². The number of nitrogens with one attached hydrogen (secondary N) is 2. The van der Waals surface area contributed by atoms with Crippen molar-refractivity contribution in [2.75, 3.05) is 0 Å². The molecule has 2 N–H and O–H groups in total. The number of aromatic nitrogens is 2. The lowest BCUT2D eigenvalue weighted by atomic mass is 10.1. The van der Waals surface area contributed by atoms with Crippen LogP contribution in [0.2, 0.25) is 5.02 Å². The van der Waals surface area contributed by atoms with Crippen LogP contribution in [0, 0.1) is 12.7 Å². The highest BCUT2D eigenvalue weighted by Gasteiger charge is 2.16. The Bertz CT molecular complexity index is 917. The van der Waals surface area contributed by atoms with Crippen LogP contribution in [0.1, 0.15) is 21.6 Å². The monoisotopic (exact) mass is 356 g/mol. The van der Waals surface area contributed by atoms with Crippen molar-refractivity contribution in [3.63, 3.8) is 0 Å². The second kappa shape index (κ2) is 7.27. The van der Waals surface area contributed by atoms with E-state index in [9.17, 15) is 9.18 Å². The van der Waals surface area contributed by atoms with Gasteiger partial charge in [0.15, 0.2) is 0 Å². The fourth-order valence-electron chi connectivity index (χ4n) is 2.34. The normalized spacial score (nSPS) is 11.0. The minimum absolute atomic E-state index is 0.107. The van der Waals surface area contributed by atoms with Crippen LogP contribution in [-0.2, 0) is 0 Å². The first-order chi connectivity index (χ1) is 12.1. The second-order valence-corrected chi connectivity index (χ2v) is 5.68. The molecule has 0 saturated heterocycles.